The molecule has 0 atom stereocenters. The molecule has 2 aromatic carbocycles. The van der Waals surface area contributed by atoms with Gasteiger partial charge in [0, 0.05) is 29.5 Å². The molecule has 1 N–H and O–H groups in total. The Morgan fingerprint density at radius 1 is 1.15 bits per heavy atom. The SMILES string of the molecule is Cc1nc(COc2ccc(C(=O)Nc3cc(-c4nnc5n4CCCCC5)ccc3F)cc2)cs1. The maximum atomic E-state index is 14.5. The minimum Gasteiger partial charge on any atom is -0.487 e. The lowest BCUT2D eigenvalue weighted by molar-refractivity contribution is 0.102. The van der Waals surface area contributed by atoms with Gasteiger partial charge in [-0.2, -0.15) is 0 Å². The van der Waals surface area contributed by atoms with Crippen LogP contribution in [-0.4, -0.2) is 25.7 Å². The summed E-state index contributed by atoms with van der Waals surface area (Å²) in [6, 6.07) is 11.4. The van der Waals surface area contributed by atoms with Crippen molar-refractivity contribution in [1.29, 1.82) is 0 Å². The first-order chi connectivity index (χ1) is 16.6. The summed E-state index contributed by atoms with van der Waals surface area (Å²) in [7, 11) is 0. The standard InChI is InChI=1S/C25H24FN5O2S/c1-16-27-19(15-34-16)14-33-20-9-6-17(7-10-20)25(32)28-22-13-18(8-11-21(22)26)24-30-29-23-5-3-2-4-12-31(23)24/h6-11,13,15H,2-5,12,14H2,1H3,(H,28,32). The Labute approximate surface area is 200 Å². The first-order valence-electron chi connectivity index (χ1n) is 11.2. The van der Waals surface area contributed by atoms with Gasteiger partial charge < -0.3 is 14.6 Å². The van der Waals surface area contributed by atoms with Gasteiger partial charge in [0.1, 0.15) is 24.0 Å². The molecule has 0 saturated carbocycles. The van der Waals surface area contributed by atoms with Crippen molar-refractivity contribution in [3.63, 3.8) is 0 Å². The molecule has 5 rings (SSSR count). The number of anilines is 1. The zero-order chi connectivity index (χ0) is 23.5. The van der Waals surface area contributed by atoms with Crippen LogP contribution in [0.25, 0.3) is 11.4 Å². The number of halogens is 1. The van der Waals surface area contributed by atoms with E-state index in [9.17, 15) is 9.18 Å². The Kier molecular flexibility index (Phi) is 6.35. The van der Waals surface area contributed by atoms with Crippen molar-refractivity contribution >= 4 is 22.9 Å². The zero-order valence-corrected chi connectivity index (χ0v) is 19.6. The molecule has 34 heavy (non-hydrogen) atoms. The number of aromatic nitrogens is 4. The number of carbonyl (C=O) groups excluding carboxylic acids is 1. The van der Waals surface area contributed by atoms with Gasteiger partial charge in [-0.25, -0.2) is 9.37 Å². The highest BCUT2D eigenvalue weighted by Crippen LogP contribution is 2.27. The fourth-order valence-electron chi connectivity index (χ4n) is 3.99. The van der Waals surface area contributed by atoms with Gasteiger partial charge in [0.2, 0.25) is 0 Å². The minimum absolute atomic E-state index is 0.104. The Balaban J connectivity index is 1.29. The van der Waals surface area contributed by atoms with E-state index in [2.05, 4.69) is 25.1 Å². The predicted molar refractivity (Wildman–Crippen MR) is 129 cm³/mol. The fourth-order valence-corrected chi connectivity index (χ4v) is 4.58. The number of ether oxygens (including phenoxy) is 1. The van der Waals surface area contributed by atoms with Crippen molar-refractivity contribution in [2.75, 3.05) is 5.32 Å². The average molecular weight is 478 g/mol. The van der Waals surface area contributed by atoms with Gasteiger partial charge in [0.15, 0.2) is 5.82 Å². The second kappa shape index (κ2) is 9.72. The van der Waals surface area contributed by atoms with Crippen LogP contribution in [0.4, 0.5) is 10.1 Å². The molecule has 1 amide bonds. The highest BCUT2D eigenvalue weighted by Gasteiger charge is 2.18. The second-order valence-corrected chi connectivity index (χ2v) is 9.28. The van der Waals surface area contributed by atoms with Crippen molar-refractivity contribution in [3.05, 3.63) is 75.8 Å². The van der Waals surface area contributed by atoms with E-state index >= 15 is 0 Å². The number of hydrogen-bond acceptors (Lipinski definition) is 6. The quantitative estimate of drug-likeness (QED) is 0.402. The van der Waals surface area contributed by atoms with Crippen LogP contribution < -0.4 is 10.1 Å². The molecular weight excluding hydrogens is 453 g/mol. The van der Waals surface area contributed by atoms with Crippen LogP contribution in [0, 0.1) is 12.7 Å². The topological polar surface area (TPSA) is 81.9 Å². The summed E-state index contributed by atoms with van der Waals surface area (Å²) in [5.74, 6) is 1.37. The number of aryl methyl sites for hydroxylation is 2. The number of thiazole rings is 1. The van der Waals surface area contributed by atoms with E-state index in [0.717, 1.165) is 54.3 Å². The number of amides is 1. The highest BCUT2D eigenvalue weighted by molar-refractivity contribution is 7.09. The Hall–Kier alpha value is -3.59. The first kappa shape index (κ1) is 22.2. The summed E-state index contributed by atoms with van der Waals surface area (Å²) in [5.41, 5.74) is 2.09. The van der Waals surface area contributed by atoms with Gasteiger partial charge >= 0.3 is 0 Å². The summed E-state index contributed by atoms with van der Waals surface area (Å²) >= 11 is 1.57. The summed E-state index contributed by atoms with van der Waals surface area (Å²) < 4.78 is 22.4. The molecule has 0 radical (unpaired) electrons. The maximum absolute atomic E-state index is 14.5. The van der Waals surface area contributed by atoms with Crippen LogP contribution in [0.5, 0.6) is 5.75 Å². The van der Waals surface area contributed by atoms with E-state index < -0.39 is 11.7 Å². The van der Waals surface area contributed by atoms with Crippen molar-refractivity contribution in [1.82, 2.24) is 19.7 Å². The third-order valence-electron chi connectivity index (χ3n) is 5.75. The van der Waals surface area contributed by atoms with Crippen molar-refractivity contribution in [2.24, 2.45) is 0 Å². The fraction of sp³-hybridized carbons (Fsp3) is 0.280. The van der Waals surface area contributed by atoms with Crippen LogP contribution >= 0.6 is 11.3 Å². The van der Waals surface area contributed by atoms with E-state index in [0.29, 0.717) is 23.7 Å². The smallest absolute Gasteiger partial charge is 0.255 e. The molecule has 9 heteroatoms. The first-order valence-corrected chi connectivity index (χ1v) is 12.1. The highest BCUT2D eigenvalue weighted by atomic mass is 32.1. The summed E-state index contributed by atoms with van der Waals surface area (Å²) in [6.45, 7) is 3.15. The van der Waals surface area contributed by atoms with E-state index in [-0.39, 0.29) is 5.69 Å². The third kappa shape index (κ3) is 4.84. The van der Waals surface area contributed by atoms with E-state index in [1.165, 1.54) is 6.07 Å². The summed E-state index contributed by atoms with van der Waals surface area (Å²) in [6.07, 6.45) is 4.20. The van der Waals surface area contributed by atoms with Crippen LogP contribution in [0.2, 0.25) is 0 Å². The molecule has 0 spiro atoms. The summed E-state index contributed by atoms with van der Waals surface area (Å²) in [4.78, 5) is 17.1. The third-order valence-corrected chi connectivity index (χ3v) is 6.57. The maximum Gasteiger partial charge on any atom is 0.255 e. The number of nitrogens with one attached hydrogen (secondary N) is 1. The van der Waals surface area contributed by atoms with Gasteiger partial charge in [0.25, 0.3) is 5.91 Å². The lowest BCUT2D eigenvalue weighted by Gasteiger charge is -2.11. The average Bonchev–Trinajstić information content (AvgIpc) is 3.37. The number of nitrogens with zero attached hydrogens (tertiary/aromatic N) is 4. The van der Waals surface area contributed by atoms with Crippen LogP contribution in [0.1, 0.15) is 46.1 Å². The van der Waals surface area contributed by atoms with Crippen LogP contribution in [-0.2, 0) is 19.6 Å². The van der Waals surface area contributed by atoms with E-state index in [1.807, 2.05) is 12.3 Å². The zero-order valence-electron chi connectivity index (χ0n) is 18.8. The largest absolute Gasteiger partial charge is 0.487 e. The van der Waals surface area contributed by atoms with Gasteiger partial charge in [-0.05, 0) is 62.2 Å². The lowest BCUT2D eigenvalue weighted by Crippen LogP contribution is -2.13. The minimum atomic E-state index is -0.508. The Morgan fingerprint density at radius 2 is 2.00 bits per heavy atom. The molecule has 0 unspecified atom stereocenters. The molecule has 1 aliphatic rings. The molecule has 0 fully saturated rings. The van der Waals surface area contributed by atoms with Gasteiger partial charge in [-0.3, -0.25) is 4.79 Å². The van der Waals surface area contributed by atoms with Crippen LogP contribution in [0.15, 0.2) is 47.8 Å². The van der Waals surface area contributed by atoms with Gasteiger partial charge in [0.05, 0.1) is 16.4 Å². The molecule has 3 heterocycles. The number of fused-ring (bicyclic) bond motifs is 1. The number of hydrogen-bond donors (Lipinski definition) is 1. The lowest BCUT2D eigenvalue weighted by atomic mass is 10.1. The normalized spacial score (nSPS) is 13.2. The number of rotatable bonds is 6. The van der Waals surface area contributed by atoms with Crippen molar-refractivity contribution in [2.45, 2.75) is 45.8 Å². The Bertz CT molecular complexity index is 1320. The van der Waals surface area contributed by atoms with Crippen LogP contribution in [0.3, 0.4) is 0 Å². The molecule has 7 nitrogen and oxygen atoms in total. The van der Waals surface area contributed by atoms with Crippen molar-refractivity contribution < 1.29 is 13.9 Å². The molecule has 0 saturated heterocycles. The van der Waals surface area contributed by atoms with E-state index in [4.69, 9.17) is 4.74 Å². The Morgan fingerprint density at radius 3 is 2.79 bits per heavy atom. The number of benzene rings is 2. The van der Waals surface area contributed by atoms with Gasteiger partial charge in [-0.1, -0.05) is 6.42 Å². The van der Waals surface area contributed by atoms with E-state index in [1.54, 1.807) is 47.7 Å². The van der Waals surface area contributed by atoms with Gasteiger partial charge in [-0.15, -0.1) is 21.5 Å². The molecule has 174 valence electrons. The molecule has 0 bridgehead atoms. The molecule has 0 aliphatic carbocycles. The molecular formula is C25H24FN5O2S. The monoisotopic (exact) mass is 477 g/mol. The summed E-state index contributed by atoms with van der Waals surface area (Å²) in [5, 5.41) is 14.3. The molecule has 2 aromatic heterocycles. The molecule has 4 aromatic rings. The number of carbonyl (C=O) groups is 1. The molecule has 1 aliphatic heterocycles. The van der Waals surface area contributed by atoms with Crippen molar-refractivity contribution in [3.8, 4) is 17.1 Å². The second-order valence-electron chi connectivity index (χ2n) is 8.22. The predicted octanol–water partition coefficient (Wildman–Crippen LogP) is 5.41.